The monoisotopic (exact) mass is 360 g/mol. The van der Waals surface area contributed by atoms with Gasteiger partial charge in [0, 0.05) is 9.86 Å². The zero-order valence-corrected chi connectivity index (χ0v) is 13.1. The van der Waals surface area contributed by atoms with Gasteiger partial charge in [-0.3, -0.25) is 5.43 Å². The van der Waals surface area contributed by atoms with Gasteiger partial charge in [0.2, 0.25) is 5.28 Å². The molecule has 0 unspecified atom stereocenters. The minimum atomic E-state index is 0.190. The average molecular weight is 362 g/mol. The molecule has 1 aromatic heterocycles. The van der Waals surface area contributed by atoms with E-state index in [4.69, 9.17) is 11.6 Å². The number of hydrogen-bond acceptors (Lipinski definition) is 4. The topological polar surface area (TPSA) is 50.2 Å². The van der Waals surface area contributed by atoms with Crippen molar-refractivity contribution in [3.63, 3.8) is 0 Å². The lowest BCUT2D eigenvalue weighted by Crippen LogP contribution is -1.97. The SMILES string of the molecule is Clc1nc(N/N=C/c2ccc(Br)cc2)c2ccccc2n1. The van der Waals surface area contributed by atoms with Crippen LogP contribution >= 0.6 is 27.5 Å². The van der Waals surface area contributed by atoms with Crippen molar-refractivity contribution in [2.45, 2.75) is 0 Å². The summed E-state index contributed by atoms with van der Waals surface area (Å²) in [6.07, 6.45) is 1.72. The quantitative estimate of drug-likeness (QED) is 0.425. The maximum atomic E-state index is 5.92. The Morgan fingerprint density at radius 3 is 2.62 bits per heavy atom. The zero-order valence-electron chi connectivity index (χ0n) is 10.8. The number of fused-ring (bicyclic) bond motifs is 1. The first-order valence-electron chi connectivity index (χ1n) is 6.19. The smallest absolute Gasteiger partial charge is 0.224 e. The third kappa shape index (κ3) is 3.37. The van der Waals surface area contributed by atoms with Crippen molar-refractivity contribution in [1.82, 2.24) is 9.97 Å². The third-order valence-corrected chi connectivity index (χ3v) is 3.53. The lowest BCUT2D eigenvalue weighted by molar-refractivity contribution is 1.18. The average Bonchev–Trinajstić information content (AvgIpc) is 2.49. The maximum absolute atomic E-state index is 5.92. The molecule has 3 aromatic rings. The standard InChI is InChI=1S/C15H10BrClN4/c16-11-7-5-10(6-8-11)9-18-21-14-12-3-1-2-4-13(12)19-15(17)20-14/h1-9H,(H,19,20,21)/b18-9+. The van der Waals surface area contributed by atoms with E-state index in [1.165, 1.54) is 0 Å². The van der Waals surface area contributed by atoms with Crippen LogP contribution in [-0.4, -0.2) is 16.2 Å². The maximum Gasteiger partial charge on any atom is 0.224 e. The highest BCUT2D eigenvalue weighted by Gasteiger charge is 2.04. The van der Waals surface area contributed by atoms with Gasteiger partial charge >= 0.3 is 0 Å². The Bertz CT molecular complexity index is 802. The predicted octanol–water partition coefficient (Wildman–Crippen LogP) is 4.49. The first-order valence-corrected chi connectivity index (χ1v) is 7.36. The molecule has 0 aliphatic carbocycles. The summed E-state index contributed by atoms with van der Waals surface area (Å²) in [4.78, 5) is 8.34. The highest BCUT2D eigenvalue weighted by Crippen LogP contribution is 2.21. The molecule has 0 aliphatic heterocycles. The van der Waals surface area contributed by atoms with Crippen molar-refractivity contribution in [2.75, 3.05) is 5.43 Å². The molecule has 6 heteroatoms. The van der Waals surface area contributed by atoms with E-state index in [2.05, 4.69) is 36.4 Å². The molecule has 0 saturated carbocycles. The summed E-state index contributed by atoms with van der Waals surface area (Å²) in [6.45, 7) is 0. The molecule has 3 rings (SSSR count). The van der Waals surface area contributed by atoms with Crippen molar-refractivity contribution in [2.24, 2.45) is 5.10 Å². The van der Waals surface area contributed by atoms with Crippen LogP contribution in [0.4, 0.5) is 5.82 Å². The van der Waals surface area contributed by atoms with Crippen LogP contribution < -0.4 is 5.43 Å². The summed E-state index contributed by atoms with van der Waals surface area (Å²) in [5, 5.41) is 5.25. The molecule has 0 fully saturated rings. The first kappa shape index (κ1) is 14.0. The van der Waals surface area contributed by atoms with Crippen molar-refractivity contribution in [1.29, 1.82) is 0 Å². The molecule has 0 atom stereocenters. The van der Waals surface area contributed by atoms with Gasteiger partial charge in [-0.15, -0.1) is 0 Å². The van der Waals surface area contributed by atoms with E-state index >= 15 is 0 Å². The van der Waals surface area contributed by atoms with Crippen LogP contribution in [0.2, 0.25) is 5.28 Å². The highest BCUT2D eigenvalue weighted by molar-refractivity contribution is 9.10. The van der Waals surface area contributed by atoms with E-state index in [1.807, 2.05) is 48.5 Å². The molecular formula is C15H10BrClN4. The molecule has 104 valence electrons. The molecule has 0 amide bonds. The normalized spacial score (nSPS) is 11.1. The van der Waals surface area contributed by atoms with E-state index in [9.17, 15) is 0 Å². The Balaban J connectivity index is 1.86. The molecular weight excluding hydrogens is 352 g/mol. The number of hydrazone groups is 1. The third-order valence-electron chi connectivity index (χ3n) is 2.83. The van der Waals surface area contributed by atoms with Gasteiger partial charge in [0.15, 0.2) is 5.82 Å². The van der Waals surface area contributed by atoms with Gasteiger partial charge in [-0.25, -0.2) is 4.98 Å². The molecule has 0 saturated heterocycles. The number of aromatic nitrogens is 2. The van der Waals surface area contributed by atoms with Crippen molar-refractivity contribution in [3.8, 4) is 0 Å². The van der Waals surface area contributed by atoms with Crippen LogP contribution in [0.25, 0.3) is 10.9 Å². The second kappa shape index (κ2) is 6.20. The zero-order chi connectivity index (χ0) is 14.7. The molecule has 0 radical (unpaired) electrons. The summed E-state index contributed by atoms with van der Waals surface area (Å²) in [5.41, 5.74) is 4.67. The minimum absolute atomic E-state index is 0.190. The van der Waals surface area contributed by atoms with Crippen molar-refractivity contribution < 1.29 is 0 Å². The molecule has 1 heterocycles. The minimum Gasteiger partial charge on any atom is -0.261 e. The summed E-state index contributed by atoms with van der Waals surface area (Å²) < 4.78 is 1.03. The van der Waals surface area contributed by atoms with Crippen LogP contribution in [0, 0.1) is 0 Å². The summed E-state index contributed by atoms with van der Waals surface area (Å²) in [5.74, 6) is 0.582. The van der Waals surface area contributed by atoms with Gasteiger partial charge in [-0.05, 0) is 41.4 Å². The van der Waals surface area contributed by atoms with Gasteiger partial charge in [0.25, 0.3) is 0 Å². The predicted molar refractivity (Wildman–Crippen MR) is 89.9 cm³/mol. The number of halogens is 2. The number of para-hydroxylation sites is 1. The second-order valence-corrected chi connectivity index (χ2v) is 5.53. The number of rotatable bonds is 3. The lowest BCUT2D eigenvalue weighted by Gasteiger charge is -2.04. The fourth-order valence-corrected chi connectivity index (χ4v) is 2.29. The Labute approximate surface area is 135 Å². The molecule has 1 N–H and O–H groups in total. The van der Waals surface area contributed by atoms with Crippen LogP contribution in [0.5, 0.6) is 0 Å². The summed E-state index contributed by atoms with van der Waals surface area (Å²) >= 11 is 9.31. The lowest BCUT2D eigenvalue weighted by atomic mass is 10.2. The van der Waals surface area contributed by atoms with Gasteiger partial charge < -0.3 is 0 Å². The fraction of sp³-hybridized carbons (Fsp3) is 0. The summed E-state index contributed by atoms with van der Waals surface area (Å²) in [7, 11) is 0. The van der Waals surface area contributed by atoms with Crippen LogP contribution in [0.3, 0.4) is 0 Å². The van der Waals surface area contributed by atoms with Crippen LogP contribution in [0.1, 0.15) is 5.56 Å². The van der Waals surface area contributed by atoms with Crippen LogP contribution in [0.15, 0.2) is 58.1 Å². The van der Waals surface area contributed by atoms with Gasteiger partial charge in [0.05, 0.1) is 11.7 Å². The number of hydrogen-bond donors (Lipinski definition) is 1. The largest absolute Gasteiger partial charge is 0.261 e. The molecule has 0 aliphatic rings. The van der Waals surface area contributed by atoms with E-state index in [-0.39, 0.29) is 5.28 Å². The van der Waals surface area contributed by atoms with Crippen LogP contribution in [-0.2, 0) is 0 Å². The molecule has 21 heavy (non-hydrogen) atoms. The van der Waals surface area contributed by atoms with E-state index in [0.29, 0.717) is 5.82 Å². The second-order valence-electron chi connectivity index (χ2n) is 4.28. The Hall–Kier alpha value is -1.98. The molecule has 0 spiro atoms. The Morgan fingerprint density at radius 2 is 1.81 bits per heavy atom. The summed E-state index contributed by atoms with van der Waals surface area (Å²) in [6, 6.07) is 15.5. The Kier molecular flexibility index (Phi) is 4.13. The number of nitrogens with zero attached hydrogens (tertiary/aromatic N) is 3. The fourth-order valence-electron chi connectivity index (χ4n) is 1.85. The number of anilines is 1. The highest BCUT2D eigenvalue weighted by atomic mass is 79.9. The molecule has 4 nitrogen and oxygen atoms in total. The van der Waals surface area contributed by atoms with Crippen molar-refractivity contribution >= 4 is 50.5 Å². The number of benzene rings is 2. The number of nitrogens with one attached hydrogen (secondary N) is 1. The van der Waals surface area contributed by atoms with E-state index in [1.54, 1.807) is 6.21 Å². The Morgan fingerprint density at radius 1 is 1.05 bits per heavy atom. The first-order chi connectivity index (χ1) is 10.2. The van der Waals surface area contributed by atoms with Gasteiger partial charge in [0.1, 0.15) is 0 Å². The van der Waals surface area contributed by atoms with Gasteiger partial charge in [-0.1, -0.05) is 40.2 Å². The van der Waals surface area contributed by atoms with Gasteiger partial charge in [-0.2, -0.15) is 10.1 Å². The molecule has 0 bridgehead atoms. The van der Waals surface area contributed by atoms with E-state index < -0.39 is 0 Å². The van der Waals surface area contributed by atoms with E-state index in [0.717, 1.165) is 20.9 Å². The van der Waals surface area contributed by atoms with Crippen molar-refractivity contribution in [3.05, 3.63) is 63.9 Å². The molecule has 2 aromatic carbocycles.